The quantitative estimate of drug-likeness (QED) is 0.659. The molecule has 0 spiro atoms. The number of carbonyl (C=O) groups is 1. The molecule has 0 saturated carbocycles. The summed E-state index contributed by atoms with van der Waals surface area (Å²) in [6.45, 7) is 0.996. The number of carbonyl (C=O) groups excluding carboxylic acids is 1. The summed E-state index contributed by atoms with van der Waals surface area (Å²) in [7, 11) is -3.65. The molecule has 0 aliphatic carbocycles. The summed E-state index contributed by atoms with van der Waals surface area (Å²) in [5, 5.41) is 2.88. The number of sulfonamides is 1. The second-order valence-corrected chi connectivity index (χ2v) is 9.28. The Hall–Kier alpha value is -1.16. The summed E-state index contributed by atoms with van der Waals surface area (Å²) in [5.74, 6) is -0.303. The summed E-state index contributed by atoms with van der Waals surface area (Å²) in [6, 6.07) is 11.6. The van der Waals surface area contributed by atoms with Crippen LogP contribution in [0.2, 0.25) is 5.02 Å². The molecule has 1 saturated heterocycles. The molecule has 1 N–H and O–H groups in total. The Balaban J connectivity index is 1.86. The van der Waals surface area contributed by atoms with E-state index in [9.17, 15) is 13.2 Å². The normalized spacial score (nSPS) is 15.3. The Morgan fingerprint density at radius 2 is 1.72 bits per heavy atom. The maximum absolute atomic E-state index is 12.7. The first-order chi connectivity index (χ1) is 11.9. The molecule has 25 heavy (non-hydrogen) atoms. The van der Waals surface area contributed by atoms with Crippen LogP contribution in [-0.4, -0.2) is 31.7 Å². The van der Waals surface area contributed by atoms with Gasteiger partial charge in [-0.3, -0.25) is 4.79 Å². The molecular weight excluding hydrogens is 475 g/mol. The third-order valence-corrected chi connectivity index (χ3v) is 7.08. The number of halogens is 2. The van der Waals surface area contributed by atoms with E-state index in [0.29, 0.717) is 24.3 Å². The van der Waals surface area contributed by atoms with Crippen molar-refractivity contribution >= 4 is 55.8 Å². The van der Waals surface area contributed by atoms with E-state index in [-0.39, 0.29) is 15.8 Å². The largest absolute Gasteiger partial charge is 0.322 e. The molecule has 2 aromatic rings. The summed E-state index contributed by atoms with van der Waals surface area (Å²) in [5.41, 5.74) is 0.894. The van der Waals surface area contributed by atoms with Crippen molar-refractivity contribution in [1.29, 1.82) is 0 Å². The topological polar surface area (TPSA) is 66.5 Å². The lowest BCUT2D eigenvalue weighted by atomic mass is 10.2. The fourth-order valence-corrected chi connectivity index (χ4v) is 5.03. The maximum Gasteiger partial charge on any atom is 0.255 e. The molecule has 132 valence electrons. The molecule has 1 aliphatic heterocycles. The van der Waals surface area contributed by atoms with Gasteiger partial charge in [0.15, 0.2) is 0 Å². The Labute approximate surface area is 165 Å². The predicted octanol–water partition coefficient (Wildman–Crippen LogP) is 3.98. The summed E-state index contributed by atoms with van der Waals surface area (Å²) in [6.07, 6.45) is 1.69. The van der Waals surface area contributed by atoms with Crippen LogP contribution in [0.25, 0.3) is 0 Å². The molecule has 2 aromatic carbocycles. The average Bonchev–Trinajstić information content (AvgIpc) is 3.12. The number of benzene rings is 2. The van der Waals surface area contributed by atoms with Gasteiger partial charge in [-0.05, 0) is 77.9 Å². The fourth-order valence-electron chi connectivity index (χ4n) is 2.65. The second kappa shape index (κ2) is 7.61. The van der Waals surface area contributed by atoms with E-state index < -0.39 is 10.0 Å². The van der Waals surface area contributed by atoms with E-state index in [1.54, 1.807) is 18.2 Å². The van der Waals surface area contributed by atoms with Gasteiger partial charge in [-0.15, -0.1) is 0 Å². The molecule has 1 amide bonds. The van der Waals surface area contributed by atoms with Gasteiger partial charge in [0.2, 0.25) is 10.0 Å². The van der Waals surface area contributed by atoms with Crippen LogP contribution in [0.3, 0.4) is 0 Å². The number of anilines is 1. The average molecular weight is 491 g/mol. The first-order valence-electron chi connectivity index (χ1n) is 7.74. The van der Waals surface area contributed by atoms with Gasteiger partial charge in [0.05, 0.1) is 5.02 Å². The van der Waals surface area contributed by atoms with Gasteiger partial charge in [0.25, 0.3) is 5.91 Å². The van der Waals surface area contributed by atoms with Crippen LogP contribution < -0.4 is 5.32 Å². The standard InChI is InChI=1S/C17H16ClIN2O3S/c18-15-8-7-14(20-17(22)12-3-5-13(19)6-4-12)11-16(15)25(23,24)21-9-1-2-10-21/h3-8,11H,1-2,9-10H2,(H,20,22). The smallest absolute Gasteiger partial charge is 0.255 e. The molecule has 0 atom stereocenters. The highest BCUT2D eigenvalue weighted by Crippen LogP contribution is 2.29. The zero-order chi connectivity index (χ0) is 18.0. The lowest BCUT2D eigenvalue weighted by Gasteiger charge is -2.17. The maximum atomic E-state index is 12.7. The van der Waals surface area contributed by atoms with Gasteiger partial charge >= 0.3 is 0 Å². The van der Waals surface area contributed by atoms with Gasteiger partial charge in [-0.1, -0.05) is 11.6 Å². The van der Waals surface area contributed by atoms with Crippen LogP contribution in [0.4, 0.5) is 5.69 Å². The van der Waals surface area contributed by atoms with Crippen molar-refractivity contribution in [3.05, 3.63) is 56.6 Å². The lowest BCUT2D eigenvalue weighted by Crippen LogP contribution is -2.28. The van der Waals surface area contributed by atoms with E-state index in [1.165, 1.54) is 16.4 Å². The molecule has 0 aromatic heterocycles. The Bertz CT molecular complexity index is 895. The Kier molecular flexibility index (Phi) is 5.67. The minimum absolute atomic E-state index is 0.0245. The molecule has 3 rings (SSSR count). The summed E-state index contributed by atoms with van der Waals surface area (Å²) >= 11 is 8.27. The molecule has 5 nitrogen and oxygen atoms in total. The number of hydrogen-bond donors (Lipinski definition) is 1. The van der Waals surface area contributed by atoms with Crippen molar-refractivity contribution in [1.82, 2.24) is 4.31 Å². The highest BCUT2D eigenvalue weighted by atomic mass is 127. The zero-order valence-electron chi connectivity index (χ0n) is 13.2. The molecule has 1 aliphatic rings. The lowest BCUT2D eigenvalue weighted by molar-refractivity contribution is 0.102. The Morgan fingerprint density at radius 3 is 2.36 bits per heavy atom. The van der Waals surface area contributed by atoms with E-state index in [4.69, 9.17) is 11.6 Å². The van der Waals surface area contributed by atoms with Gasteiger partial charge in [-0.25, -0.2) is 8.42 Å². The monoisotopic (exact) mass is 490 g/mol. The number of hydrogen-bond acceptors (Lipinski definition) is 3. The zero-order valence-corrected chi connectivity index (χ0v) is 16.9. The number of nitrogens with zero attached hydrogens (tertiary/aromatic N) is 1. The van der Waals surface area contributed by atoms with Crippen LogP contribution in [-0.2, 0) is 10.0 Å². The summed E-state index contributed by atoms with van der Waals surface area (Å²) < 4.78 is 27.9. The van der Waals surface area contributed by atoms with Gasteiger partial charge < -0.3 is 5.32 Å². The minimum atomic E-state index is -3.65. The third kappa shape index (κ3) is 4.16. The molecule has 0 unspecified atom stereocenters. The van der Waals surface area contributed by atoms with Crippen molar-refractivity contribution < 1.29 is 13.2 Å². The Morgan fingerprint density at radius 1 is 1.08 bits per heavy atom. The third-order valence-electron chi connectivity index (χ3n) is 3.98. The van der Waals surface area contributed by atoms with Crippen LogP contribution in [0.1, 0.15) is 23.2 Å². The van der Waals surface area contributed by atoms with Crippen LogP contribution in [0, 0.1) is 3.57 Å². The van der Waals surface area contributed by atoms with E-state index in [1.807, 2.05) is 12.1 Å². The fraction of sp³-hybridized carbons (Fsp3) is 0.235. The number of rotatable bonds is 4. The molecule has 1 fully saturated rings. The van der Waals surface area contributed by atoms with Crippen LogP contribution in [0.15, 0.2) is 47.4 Å². The van der Waals surface area contributed by atoms with Crippen molar-refractivity contribution in [2.24, 2.45) is 0 Å². The number of nitrogens with one attached hydrogen (secondary N) is 1. The van der Waals surface area contributed by atoms with Crippen molar-refractivity contribution in [2.45, 2.75) is 17.7 Å². The van der Waals surface area contributed by atoms with Crippen molar-refractivity contribution in [3.8, 4) is 0 Å². The van der Waals surface area contributed by atoms with E-state index in [2.05, 4.69) is 27.9 Å². The highest BCUT2D eigenvalue weighted by molar-refractivity contribution is 14.1. The first-order valence-corrected chi connectivity index (χ1v) is 10.6. The minimum Gasteiger partial charge on any atom is -0.322 e. The van der Waals surface area contributed by atoms with Crippen LogP contribution in [0.5, 0.6) is 0 Å². The van der Waals surface area contributed by atoms with Crippen molar-refractivity contribution in [2.75, 3.05) is 18.4 Å². The van der Waals surface area contributed by atoms with Crippen molar-refractivity contribution in [3.63, 3.8) is 0 Å². The molecule has 0 bridgehead atoms. The number of amides is 1. The highest BCUT2D eigenvalue weighted by Gasteiger charge is 2.29. The predicted molar refractivity (Wildman–Crippen MR) is 107 cm³/mol. The van der Waals surface area contributed by atoms with E-state index in [0.717, 1.165) is 16.4 Å². The first kappa shape index (κ1) is 18.6. The summed E-state index contributed by atoms with van der Waals surface area (Å²) in [4.78, 5) is 12.3. The van der Waals surface area contributed by atoms with E-state index >= 15 is 0 Å². The molecular formula is C17H16ClIN2O3S. The van der Waals surface area contributed by atoms with Gasteiger partial charge in [-0.2, -0.15) is 4.31 Å². The van der Waals surface area contributed by atoms with Crippen LogP contribution >= 0.6 is 34.2 Å². The van der Waals surface area contributed by atoms with Gasteiger partial charge in [0, 0.05) is 27.9 Å². The molecule has 0 radical (unpaired) electrons. The SMILES string of the molecule is O=C(Nc1ccc(Cl)c(S(=O)(=O)N2CCCC2)c1)c1ccc(I)cc1. The second-order valence-electron chi connectivity index (χ2n) is 5.72. The molecule has 1 heterocycles. The molecule has 8 heteroatoms. The van der Waals surface area contributed by atoms with Gasteiger partial charge in [0.1, 0.15) is 4.90 Å².